The number of thiazole rings is 1. The van der Waals surface area contributed by atoms with Crippen LogP contribution in [-0.2, 0) is 13.1 Å². The second-order valence-corrected chi connectivity index (χ2v) is 5.25. The molecule has 0 amide bonds. The van der Waals surface area contributed by atoms with Gasteiger partial charge in [0.2, 0.25) is 0 Å². The van der Waals surface area contributed by atoms with Crippen molar-refractivity contribution in [2.45, 2.75) is 26.4 Å². The molecule has 2 heterocycles. The van der Waals surface area contributed by atoms with Gasteiger partial charge in [0.05, 0.1) is 29.6 Å². The third-order valence-electron chi connectivity index (χ3n) is 2.36. The first kappa shape index (κ1) is 13.2. The van der Waals surface area contributed by atoms with Crippen LogP contribution in [0.5, 0.6) is 0 Å². The predicted molar refractivity (Wildman–Crippen MR) is 75.9 cm³/mol. The van der Waals surface area contributed by atoms with Crippen LogP contribution in [-0.4, -0.2) is 14.8 Å². The van der Waals surface area contributed by atoms with Crippen LogP contribution < -0.4 is 10.9 Å². The maximum atomic E-state index is 11.9. The molecule has 0 unspecified atom stereocenters. The average molecular weight is 329 g/mol. The SMILES string of the molecule is CCCn1ncc(NCc2cscn2)c(Br)c1=O. The van der Waals surface area contributed by atoms with E-state index in [1.807, 2.05) is 12.3 Å². The smallest absolute Gasteiger partial charge is 0.283 e. The monoisotopic (exact) mass is 328 g/mol. The van der Waals surface area contributed by atoms with Gasteiger partial charge in [-0.05, 0) is 22.4 Å². The van der Waals surface area contributed by atoms with Crippen molar-refractivity contribution in [2.24, 2.45) is 0 Å². The second kappa shape index (κ2) is 6.10. The molecule has 96 valence electrons. The molecule has 0 fully saturated rings. The molecule has 0 bridgehead atoms. The maximum absolute atomic E-state index is 11.9. The van der Waals surface area contributed by atoms with E-state index in [0.29, 0.717) is 23.2 Å². The van der Waals surface area contributed by atoms with E-state index < -0.39 is 0 Å². The summed E-state index contributed by atoms with van der Waals surface area (Å²) in [6.07, 6.45) is 2.54. The summed E-state index contributed by atoms with van der Waals surface area (Å²) in [6, 6.07) is 0. The Bertz CT molecular complexity index is 567. The van der Waals surface area contributed by atoms with E-state index in [2.05, 4.69) is 31.3 Å². The number of anilines is 1. The third kappa shape index (κ3) is 2.97. The van der Waals surface area contributed by atoms with Crippen LogP contribution in [0.1, 0.15) is 19.0 Å². The van der Waals surface area contributed by atoms with Crippen molar-refractivity contribution in [1.29, 1.82) is 0 Å². The van der Waals surface area contributed by atoms with Crippen molar-refractivity contribution in [3.05, 3.63) is 37.6 Å². The minimum absolute atomic E-state index is 0.111. The Kier molecular flexibility index (Phi) is 4.48. The van der Waals surface area contributed by atoms with Crippen LogP contribution in [0.25, 0.3) is 0 Å². The third-order valence-corrected chi connectivity index (χ3v) is 3.77. The van der Waals surface area contributed by atoms with Gasteiger partial charge in [-0.1, -0.05) is 6.92 Å². The van der Waals surface area contributed by atoms with Gasteiger partial charge in [0.25, 0.3) is 5.56 Å². The quantitative estimate of drug-likeness (QED) is 0.916. The van der Waals surface area contributed by atoms with Gasteiger partial charge in [0, 0.05) is 11.9 Å². The van der Waals surface area contributed by atoms with E-state index in [4.69, 9.17) is 0 Å². The highest BCUT2D eigenvalue weighted by molar-refractivity contribution is 9.10. The molecule has 0 aromatic carbocycles. The molecule has 2 aromatic heterocycles. The Hall–Kier alpha value is -1.21. The maximum Gasteiger partial charge on any atom is 0.283 e. The molecule has 0 saturated heterocycles. The van der Waals surface area contributed by atoms with Gasteiger partial charge >= 0.3 is 0 Å². The molecule has 1 N–H and O–H groups in total. The zero-order valence-corrected chi connectivity index (χ0v) is 12.3. The van der Waals surface area contributed by atoms with E-state index >= 15 is 0 Å². The van der Waals surface area contributed by atoms with E-state index in [1.165, 1.54) is 4.68 Å². The molecule has 0 spiro atoms. The molecule has 0 saturated carbocycles. The largest absolute Gasteiger partial charge is 0.377 e. The Labute approximate surface area is 117 Å². The summed E-state index contributed by atoms with van der Waals surface area (Å²) in [6.45, 7) is 3.22. The lowest BCUT2D eigenvalue weighted by molar-refractivity contribution is 0.566. The normalized spacial score (nSPS) is 10.6. The summed E-state index contributed by atoms with van der Waals surface area (Å²) < 4.78 is 1.97. The van der Waals surface area contributed by atoms with E-state index in [9.17, 15) is 4.79 Å². The van der Waals surface area contributed by atoms with Crippen molar-refractivity contribution >= 4 is 33.0 Å². The number of rotatable bonds is 5. The lowest BCUT2D eigenvalue weighted by Crippen LogP contribution is -2.24. The first-order valence-electron chi connectivity index (χ1n) is 5.59. The highest BCUT2D eigenvalue weighted by atomic mass is 79.9. The Balaban J connectivity index is 2.14. The molecule has 2 rings (SSSR count). The number of hydrogen-bond donors (Lipinski definition) is 1. The molecule has 5 nitrogen and oxygen atoms in total. The highest BCUT2D eigenvalue weighted by Crippen LogP contribution is 2.17. The van der Waals surface area contributed by atoms with Crippen LogP contribution in [0, 0.1) is 0 Å². The Morgan fingerprint density at radius 2 is 2.39 bits per heavy atom. The van der Waals surface area contributed by atoms with Gasteiger partial charge in [-0.2, -0.15) is 5.10 Å². The molecule has 0 aliphatic heterocycles. The predicted octanol–water partition coefficient (Wildman–Crippen LogP) is 2.48. The van der Waals surface area contributed by atoms with Crippen molar-refractivity contribution in [2.75, 3.05) is 5.32 Å². The number of nitrogens with one attached hydrogen (secondary N) is 1. The lowest BCUT2D eigenvalue weighted by atomic mass is 10.4. The van der Waals surface area contributed by atoms with Crippen molar-refractivity contribution in [3.8, 4) is 0 Å². The molecular formula is C11H13BrN4OS. The topological polar surface area (TPSA) is 59.8 Å². The summed E-state index contributed by atoms with van der Waals surface area (Å²) in [5.74, 6) is 0. The van der Waals surface area contributed by atoms with Gasteiger partial charge in [-0.3, -0.25) is 4.79 Å². The zero-order valence-electron chi connectivity index (χ0n) is 9.89. The highest BCUT2D eigenvalue weighted by Gasteiger charge is 2.08. The average Bonchev–Trinajstić information content (AvgIpc) is 2.87. The minimum atomic E-state index is -0.111. The van der Waals surface area contributed by atoms with Crippen LogP contribution >= 0.6 is 27.3 Å². The number of nitrogens with zero attached hydrogens (tertiary/aromatic N) is 3. The van der Waals surface area contributed by atoms with Gasteiger partial charge < -0.3 is 5.32 Å². The number of halogens is 1. The molecule has 18 heavy (non-hydrogen) atoms. The first-order valence-corrected chi connectivity index (χ1v) is 7.32. The van der Waals surface area contributed by atoms with Gasteiger partial charge in [0.1, 0.15) is 4.47 Å². The van der Waals surface area contributed by atoms with Crippen LogP contribution in [0.4, 0.5) is 5.69 Å². The molecule has 7 heteroatoms. The van der Waals surface area contributed by atoms with Crippen LogP contribution in [0.2, 0.25) is 0 Å². The molecule has 0 atom stereocenters. The fourth-order valence-electron chi connectivity index (χ4n) is 1.47. The molecule has 2 aromatic rings. The summed E-state index contributed by atoms with van der Waals surface area (Å²) in [4.78, 5) is 16.1. The Morgan fingerprint density at radius 1 is 1.56 bits per heavy atom. The van der Waals surface area contributed by atoms with E-state index in [1.54, 1.807) is 23.0 Å². The molecule has 0 aliphatic rings. The van der Waals surface area contributed by atoms with E-state index in [0.717, 1.165) is 12.1 Å². The first-order chi connectivity index (χ1) is 8.72. The van der Waals surface area contributed by atoms with Crippen molar-refractivity contribution in [1.82, 2.24) is 14.8 Å². The molecule has 0 radical (unpaired) electrons. The Morgan fingerprint density at radius 3 is 3.06 bits per heavy atom. The number of aryl methyl sites for hydroxylation is 1. The fourth-order valence-corrected chi connectivity index (χ4v) is 2.48. The summed E-state index contributed by atoms with van der Waals surface area (Å²) in [5.41, 5.74) is 3.31. The molecule has 0 aliphatic carbocycles. The summed E-state index contributed by atoms with van der Waals surface area (Å²) in [7, 11) is 0. The second-order valence-electron chi connectivity index (χ2n) is 3.73. The van der Waals surface area contributed by atoms with E-state index in [-0.39, 0.29) is 5.56 Å². The summed E-state index contributed by atoms with van der Waals surface area (Å²) >= 11 is 4.86. The summed E-state index contributed by atoms with van der Waals surface area (Å²) in [5, 5.41) is 9.23. The number of hydrogen-bond acceptors (Lipinski definition) is 5. The van der Waals surface area contributed by atoms with Gasteiger partial charge in [-0.15, -0.1) is 11.3 Å². The lowest BCUT2D eigenvalue weighted by Gasteiger charge is -2.08. The standard InChI is InChI=1S/C11H13BrN4OS/c1-2-3-16-11(17)10(12)9(5-15-16)13-4-8-6-18-7-14-8/h5-7,13H,2-4H2,1H3. The zero-order chi connectivity index (χ0) is 13.0. The van der Waals surface area contributed by atoms with Crippen molar-refractivity contribution in [3.63, 3.8) is 0 Å². The van der Waals surface area contributed by atoms with Crippen molar-refractivity contribution < 1.29 is 0 Å². The minimum Gasteiger partial charge on any atom is -0.377 e. The van der Waals surface area contributed by atoms with Gasteiger partial charge in [-0.25, -0.2) is 9.67 Å². The molecular weight excluding hydrogens is 316 g/mol. The number of aromatic nitrogens is 3. The fraction of sp³-hybridized carbons (Fsp3) is 0.364. The van der Waals surface area contributed by atoms with Gasteiger partial charge in [0.15, 0.2) is 0 Å². The van der Waals surface area contributed by atoms with Crippen LogP contribution in [0.15, 0.2) is 26.4 Å². The van der Waals surface area contributed by atoms with Crippen LogP contribution in [0.3, 0.4) is 0 Å².